The molecular weight excluding hydrogens is 292 g/mol. The summed E-state index contributed by atoms with van der Waals surface area (Å²) >= 11 is 0. The topological polar surface area (TPSA) is 79.0 Å². The van der Waals surface area contributed by atoms with Crippen molar-refractivity contribution in [1.29, 1.82) is 0 Å². The molecular formula is C17H18N4O2. The summed E-state index contributed by atoms with van der Waals surface area (Å²) in [7, 11) is 0. The molecule has 118 valence electrons. The van der Waals surface area contributed by atoms with E-state index < -0.39 is 0 Å². The zero-order valence-electron chi connectivity index (χ0n) is 12.7. The van der Waals surface area contributed by atoms with Crippen LogP contribution in [0.15, 0.2) is 30.3 Å². The molecule has 2 atom stereocenters. The molecule has 1 N–H and O–H groups in total. The van der Waals surface area contributed by atoms with Gasteiger partial charge in [0.15, 0.2) is 0 Å². The van der Waals surface area contributed by atoms with E-state index in [2.05, 4.69) is 15.2 Å². The van der Waals surface area contributed by atoms with Gasteiger partial charge in [0.25, 0.3) is 5.95 Å². The molecule has 1 aromatic carbocycles. The third-order valence-electron chi connectivity index (χ3n) is 4.78. The van der Waals surface area contributed by atoms with Crippen LogP contribution >= 0.6 is 0 Å². The molecule has 2 fully saturated rings. The summed E-state index contributed by atoms with van der Waals surface area (Å²) < 4.78 is 0. The molecule has 0 unspecified atom stereocenters. The molecule has 2 heterocycles. The molecule has 1 aliphatic carbocycles. The number of fused-ring (bicyclic) bond motifs is 1. The summed E-state index contributed by atoms with van der Waals surface area (Å²) in [6.07, 6.45) is 4.22. The number of nitrogens with zero attached hydrogens (tertiary/aromatic N) is 3. The fraction of sp³-hybridized carbons (Fsp3) is 0.412. The third kappa shape index (κ3) is 2.44. The third-order valence-corrected chi connectivity index (χ3v) is 4.78. The molecule has 2 aromatic rings. The Morgan fingerprint density at radius 3 is 2.35 bits per heavy atom. The van der Waals surface area contributed by atoms with Crippen molar-refractivity contribution in [1.82, 2.24) is 15.2 Å². The summed E-state index contributed by atoms with van der Waals surface area (Å²) in [6.45, 7) is 0. The van der Waals surface area contributed by atoms with E-state index in [0.717, 1.165) is 31.2 Å². The molecule has 1 saturated carbocycles. The van der Waals surface area contributed by atoms with Crippen molar-refractivity contribution < 1.29 is 9.59 Å². The van der Waals surface area contributed by atoms with Gasteiger partial charge in [0, 0.05) is 6.42 Å². The summed E-state index contributed by atoms with van der Waals surface area (Å²) in [6, 6.07) is 9.89. The molecule has 1 aromatic heterocycles. The number of anilines is 1. The lowest BCUT2D eigenvalue weighted by Crippen LogP contribution is -2.31. The van der Waals surface area contributed by atoms with E-state index in [-0.39, 0.29) is 29.6 Å². The number of hydrogen-bond donors (Lipinski definition) is 1. The first-order valence-corrected chi connectivity index (χ1v) is 8.07. The fourth-order valence-electron chi connectivity index (χ4n) is 3.61. The Hall–Kier alpha value is -2.50. The molecule has 6 nitrogen and oxygen atoms in total. The van der Waals surface area contributed by atoms with Crippen LogP contribution in [0.3, 0.4) is 0 Å². The minimum atomic E-state index is -0.174. The van der Waals surface area contributed by atoms with Crippen molar-refractivity contribution in [3.05, 3.63) is 41.7 Å². The minimum absolute atomic E-state index is 0.134. The second-order valence-electron chi connectivity index (χ2n) is 6.25. The highest BCUT2D eigenvalue weighted by molar-refractivity contribution is 6.21. The lowest BCUT2D eigenvalue weighted by molar-refractivity contribution is -0.122. The first-order chi connectivity index (χ1) is 11.2. The molecule has 0 spiro atoms. The van der Waals surface area contributed by atoms with E-state index in [4.69, 9.17) is 0 Å². The van der Waals surface area contributed by atoms with E-state index in [0.29, 0.717) is 12.2 Å². The first-order valence-electron chi connectivity index (χ1n) is 8.07. The number of benzene rings is 1. The van der Waals surface area contributed by atoms with Gasteiger partial charge in [-0.2, -0.15) is 4.98 Å². The highest BCUT2D eigenvalue weighted by atomic mass is 16.2. The fourth-order valence-corrected chi connectivity index (χ4v) is 3.61. The Morgan fingerprint density at radius 2 is 1.70 bits per heavy atom. The second kappa shape index (κ2) is 5.61. The lowest BCUT2D eigenvalue weighted by atomic mass is 9.81. The molecule has 4 rings (SSSR count). The van der Waals surface area contributed by atoms with Crippen LogP contribution in [-0.4, -0.2) is 27.0 Å². The van der Waals surface area contributed by atoms with Crippen LogP contribution < -0.4 is 4.90 Å². The van der Waals surface area contributed by atoms with Crippen LogP contribution in [0.25, 0.3) is 0 Å². The van der Waals surface area contributed by atoms with Gasteiger partial charge in [0.1, 0.15) is 5.82 Å². The van der Waals surface area contributed by atoms with E-state index in [1.165, 1.54) is 4.90 Å². The molecule has 2 aliphatic rings. The van der Waals surface area contributed by atoms with Gasteiger partial charge in [0.2, 0.25) is 11.8 Å². The molecule has 23 heavy (non-hydrogen) atoms. The highest BCUT2D eigenvalue weighted by Crippen LogP contribution is 2.39. The van der Waals surface area contributed by atoms with Crippen LogP contribution in [-0.2, 0) is 16.0 Å². The van der Waals surface area contributed by atoms with Gasteiger partial charge in [-0.05, 0) is 18.4 Å². The largest absolute Gasteiger partial charge is 0.274 e. The molecule has 6 heteroatoms. The van der Waals surface area contributed by atoms with Crippen LogP contribution in [0.1, 0.15) is 37.1 Å². The average Bonchev–Trinajstić information content (AvgIpc) is 3.12. The van der Waals surface area contributed by atoms with Crippen molar-refractivity contribution in [2.45, 2.75) is 32.1 Å². The van der Waals surface area contributed by atoms with Crippen molar-refractivity contribution in [3.63, 3.8) is 0 Å². The normalized spacial score (nSPS) is 24.1. The number of H-pyrrole nitrogens is 1. The number of nitrogens with one attached hydrogen (secondary N) is 1. The molecule has 0 bridgehead atoms. The van der Waals surface area contributed by atoms with Crippen molar-refractivity contribution in [3.8, 4) is 0 Å². The molecule has 1 aliphatic heterocycles. The zero-order valence-corrected chi connectivity index (χ0v) is 12.7. The van der Waals surface area contributed by atoms with Crippen LogP contribution in [0.5, 0.6) is 0 Å². The van der Waals surface area contributed by atoms with Gasteiger partial charge in [0.05, 0.1) is 11.8 Å². The van der Waals surface area contributed by atoms with E-state index in [1.54, 1.807) is 0 Å². The predicted octanol–water partition coefficient (Wildman–Crippen LogP) is 2.08. The van der Waals surface area contributed by atoms with Crippen LogP contribution in [0.4, 0.5) is 5.95 Å². The lowest BCUT2D eigenvalue weighted by Gasteiger charge is -2.19. The number of imide groups is 1. The van der Waals surface area contributed by atoms with Gasteiger partial charge in [-0.3, -0.25) is 14.7 Å². The van der Waals surface area contributed by atoms with E-state index >= 15 is 0 Å². The minimum Gasteiger partial charge on any atom is -0.274 e. The van der Waals surface area contributed by atoms with Gasteiger partial charge in [-0.25, -0.2) is 4.90 Å². The van der Waals surface area contributed by atoms with Crippen molar-refractivity contribution in [2.75, 3.05) is 4.90 Å². The second-order valence-corrected chi connectivity index (χ2v) is 6.25. The Kier molecular flexibility index (Phi) is 3.44. The predicted molar refractivity (Wildman–Crippen MR) is 83.6 cm³/mol. The average molecular weight is 310 g/mol. The summed E-state index contributed by atoms with van der Waals surface area (Å²) in [5, 5.41) is 6.95. The maximum Gasteiger partial charge on any atom is 0.258 e. The Balaban J connectivity index is 1.57. The first kappa shape index (κ1) is 14.1. The summed E-state index contributed by atoms with van der Waals surface area (Å²) in [4.78, 5) is 30.6. The summed E-state index contributed by atoms with van der Waals surface area (Å²) in [5.74, 6) is 0.233. The summed E-state index contributed by atoms with van der Waals surface area (Å²) in [5.41, 5.74) is 1.10. The number of aromatic nitrogens is 3. The maximum absolute atomic E-state index is 12.5. The molecule has 0 radical (unpaired) electrons. The SMILES string of the molecule is O=C1[C@H]2CCCC[C@@H]2C(=O)N1c1n[nH]c(Cc2ccccc2)n1. The molecule has 1 saturated heterocycles. The van der Waals surface area contributed by atoms with Crippen molar-refractivity contribution >= 4 is 17.8 Å². The van der Waals surface area contributed by atoms with Gasteiger partial charge in [-0.15, -0.1) is 5.10 Å². The number of rotatable bonds is 3. The van der Waals surface area contributed by atoms with Crippen LogP contribution in [0.2, 0.25) is 0 Å². The van der Waals surface area contributed by atoms with E-state index in [1.807, 2.05) is 30.3 Å². The van der Waals surface area contributed by atoms with E-state index in [9.17, 15) is 9.59 Å². The number of aromatic amines is 1. The zero-order chi connectivity index (χ0) is 15.8. The monoisotopic (exact) mass is 310 g/mol. The Labute approximate surface area is 133 Å². The number of carbonyl (C=O) groups excluding carboxylic acids is 2. The molecule has 2 amide bonds. The standard InChI is InChI=1S/C17H18N4O2/c22-15-12-8-4-5-9-13(12)16(23)21(15)17-18-14(19-20-17)10-11-6-2-1-3-7-11/h1-3,6-7,12-13H,4-5,8-10H2,(H,18,19,20)/t12-,13-/m0/s1. The number of amides is 2. The number of hydrogen-bond acceptors (Lipinski definition) is 4. The maximum atomic E-state index is 12.5. The van der Waals surface area contributed by atoms with Crippen molar-refractivity contribution in [2.24, 2.45) is 11.8 Å². The van der Waals surface area contributed by atoms with Gasteiger partial charge >= 0.3 is 0 Å². The quantitative estimate of drug-likeness (QED) is 0.880. The van der Waals surface area contributed by atoms with Crippen LogP contribution in [0, 0.1) is 11.8 Å². The van der Waals surface area contributed by atoms with Gasteiger partial charge in [-0.1, -0.05) is 43.2 Å². The smallest absolute Gasteiger partial charge is 0.258 e. The Morgan fingerprint density at radius 1 is 1.04 bits per heavy atom. The number of carbonyl (C=O) groups is 2. The highest BCUT2D eigenvalue weighted by Gasteiger charge is 2.50. The van der Waals surface area contributed by atoms with Gasteiger partial charge < -0.3 is 0 Å². The Bertz CT molecular complexity index is 716.